The van der Waals surface area contributed by atoms with E-state index in [1.807, 2.05) is 0 Å². The van der Waals surface area contributed by atoms with Crippen molar-refractivity contribution in [1.82, 2.24) is 4.90 Å². The fraction of sp³-hybridized carbons (Fsp3) is 0.917. The summed E-state index contributed by atoms with van der Waals surface area (Å²) in [5.74, 6) is 0.745. The van der Waals surface area contributed by atoms with Gasteiger partial charge in [0.15, 0.2) is 6.67 Å². The van der Waals surface area contributed by atoms with Gasteiger partial charge in [-0.15, -0.1) is 0 Å². The molecule has 0 aromatic rings. The highest BCUT2D eigenvalue weighted by atomic mass is 19.1. The molecule has 0 aromatic heterocycles. The standard InChI is InChI=1S/C12H24FNO/c1-10(2)5-7-14(12(15)9-13)8-6-11(3)4/h10-11H,5-9H2,1-4H3. The molecule has 15 heavy (non-hydrogen) atoms. The third-order valence-corrected chi connectivity index (χ3v) is 2.42. The zero-order valence-electron chi connectivity index (χ0n) is 10.4. The van der Waals surface area contributed by atoms with Crippen molar-refractivity contribution >= 4 is 5.91 Å². The number of nitrogens with zero attached hydrogens (tertiary/aromatic N) is 1. The van der Waals surface area contributed by atoms with Crippen molar-refractivity contribution in [2.45, 2.75) is 40.5 Å². The lowest BCUT2D eigenvalue weighted by atomic mass is 10.1. The Morgan fingerprint density at radius 2 is 1.47 bits per heavy atom. The van der Waals surface area contributed by atoms with Gasteiger partial charge in [0.2, 0.25) is 0 Å². The van der Waals surface area contributed by atoms with Crippen molar-refractivity contribution in [2.24, 2.45) is 11.8 Å². The van der Waals surface area contributed by atoms with E-state index in [0.29, 0.717) is 24.9 Å². The highest BCUT2D eigenvalue weighted by Crippen LogP contribution is 2.07. The first-order chi connectivity index (χ1) is 6.97. The van der Waals surface area contributed by atoms with E-state index in [4.69, 9.17) is 0 Å². The largest absolute Gasteiger partial charge is 0.340 e. The van der Waals surface area contributed by atoms with Gasteiger partial charge in [-0.2, -0.15) is 0 Å². The molecule has 90 valence electrons. The summed E-state index contributed by atoms with van der Waals surface area (Å²) in [6, 6.07) is 0. The second-order valence-electron chi connectivity index (χ2n) is 4.88. The van der Waals surface area contributed by atoms with E-state index in [1.165, 1.54) is 0 Å². The van der Waals surface area contributed by atoms with Gasteiger partial charge in [-0.25, -0.2) is 4.39 Å². The van der Waals surface area contributed by atoms with Crippen LogP contribution in [0, 0.1) is 11.8 Å². The summed E-state index contributed by atoms with van der Waals surface area (Å²) >= 11 is 0. The molecule has 0 N–H and O–H groups in total. The Labute approximate surface area is 92.8 Å². The molecule has 0 radical (unpaired) electrons. The van der Waals surface area contributed by atoms with Crippen LogP contribution in [0.15, 0.2) is 0 Å². The molecular formula is C12H24FNO. The van der Waals surface area contributed by atoms with Gasteiger partial charge in [0.05, 0.1) is 0 Å². The maximum Gasteiger partial charge on any atom is 0.253 e. The number of hydrogen-bond acceptors (Lipinski definition) is 1. The third-order valence-electron chi connectivity index (χ3n) is 2.42. The normalized spacial score (nSPS) is 11.1. The Morgan fingerprint density at radius 1 is 1.07 bits per heavy atom. The van der Waals surface area contributed by atoms with Gasteiger partial charge < -0.3 is 4.90 Å². The van der Waals surface area contributed by atoms with Crippen LogP contribution >= 0.6 is 0 Å². The fourth-order valence-electron chi connectivity index (χ4n) is 1.27. The van der Waals surface area contributed by atoms with Crippen molar-refractivity contribution in [3.8, 4) is 0 Å². The van der Waals surface area contributed by atoms with Crippen molar-refractivity contribution in [1.29, 1.82) is 0 Å². The van der Waals surface area contributed by atoms with Gasteiger partial charge in [0.25, 0.3) is 5.91 Å². The molecule has 0 rings (SSSR count). The van der Waals surface area contributed by atoms with Crippen LogP contribution in [0.5, 0.6) is 0 Å². The van der Waals surface area contributed by atoms with Crippen LogP contribution in [0.1, 0.15) is 40.5 Å². The second kappa shape index (κ2) is 7.66. The van der Waals surface area contributed by atoms with Crippen LogP contribution in [0.3, 0.4) is 0 Å². The Kier molecular flexibility index (Phi) is 7.35. The van der Waals surface area contributed by atoms with Gasteiger partial charge in [-0.1, -0.05) is 27.7 Å². The van der Waals surface area contributed by atoms with Gasteiger partial charge in [-0.3, -0.25) is 4.79 Å². The second-order valence-corrected chi connectivity index (χ2v) is 4.88. The van der Waals surface area contributed by atoms with Gasteiger partial charge >= 0.3 is 0 Å². The molecule has 0 saturated carbocycles. The Balaban J connectivity index is 4.01. The van der Waals surface area contributed by atoms with Gasteiger partial charge in [-0.05, 0) is 24.7 Å². The van der Waals surface area contributed by atoms with Crippen molar-refractivity contribution < 1.29 is 9.18 Å². The van der Waals surface area contributed by atoms with Crippen molar-refractivity contribution in [3.05, 3.63) is 0 Å². The van der Waals surface area contributed by atoms with E-state index in [0.717, 1.165) is 12.8 Å². The zero-order chi connectivity index (χ0) is 11.8. The number of alkyl halides is 1. The van der Waals surface area contributed by atoms with Crippen LogP contribution in [0.2, 0.25) is 0 Å². The predicted octanol–water partition coefficient (Wildman–Crippen LogP) is 2.88. The molecule has 0 fully saturated rings. The first-order valence-corrected chi connectivity index (χ1v) is 5.81. The van der Waals surface area contributed by atoms with E-state index in [2.05, 4.69) is 27.7 Å². The molecule has 0 unspecified atom stereocenters. The number of rotatable bonds is 7. The maximum absolute atomic E-state index is 12.3. The van der Waals surface area contributed by atoms with E-state index in [-0.39, 0.29) is 5.91 Å². The molecular weight excluding hydrogens is 193 g/mol. The Bertz CT molecular complexity index is 168. The van der Waals surface area contributed by atoms with Crippen LogP contribution in [-0.4, -0.2) is 30.6 Å². The van der Waals surface area contributed by atoms with E-state index in [9.17, 15) is 9.18 Å². The SMILES string of the molecule is CC(C)CCN(CCC(C)C)C(=O)CF. The summed E-state index contributed by atoms with van der Waals surface area (Å²) in [7, 11) is 0. The summed E-state index contributed by atoms with van der Waals surface area (Å²) in [5.41, 5.74) is 0. The minimum absolute atomic E-state index is 0.365. The topological polar surface area (TPSA) is 20.3 Å². The smallest absolute Gasteiger partial charge is 0.253 e. The summed E-state index contributed by atoms with van der Waals surface area (Å²) in [6.45, 7) is 8.96. The molecule has 0 atom stereocenters. The average Bonchev–Trinajstić information content (AvgIpc) is 2.16. The van der Waals surface area contributed by atoms with Crippen molar-refractivity contribution in [2.75, 3.05) is 19.8 Å². The first kappa shape index (κ1) is 14.4. The van der Waals surface area contributed by atoms with E-state index in [1.54, 1.807) is 4.90 Å². The molecule has 0 aromatic carbocycles. The first-order valence-electron chi connectivity index (χ1n) is 5.81. The molecule has 0 aliphatic rings. The highest BCUT2D eigenvalue weighted by molar-refractivity contribution is 5.77. The maximum atomic E-state index is 12.3. The minimum Gasteiger partial charge on any atom is -0.340 e. The van der Waals surface area contributed by atoms with E-state index < -0.39 is 6.67 Å². The van der Waals surface area contributed by atoms with Gasteiger partial charge in [0, 0.05) is 13.1 Å². The Hall–Kier alpha value is -0.600. The average molecular weight is 217 g/mol. The third kappa shape index (κ3) is 7.34. The molecule has 0 heterocycles. The Morgan fingerprint density at radius 3 is 1.73 bits per heavy atom. The molecule has 0 aliphatic heterocycles. The molecule has 2 nitrogen and oxygen atoms in total. The van der Waals surface area contributed by atoms with Crippen LogP contribution < -0.4 is 0 Å². The molecule has 3 heteroatoms. The van der Waals surface area contributed by atoms with Crippen LogP contribution in [0.4, 0.5) is 4.39 Å². The molecule has 0 aliphatic carbocycles. The van der Waals surface area contributed by atoms with Crippen molar-refractivity contribution in [3.63, 3.8) is 0 Å². The quantitative estimate of drug-likeness (QED) is 0.642. The molecule has 0 spiro atoms. The molecule has 0 saturated heterocycles. The summed E-state index contributed by atoms with van der Waals surface area (Å²) < 4.78 is 12.3. The fourth-order valence-corrected chi connectivity index (χ4v) is 1.27. The summed E-state index contributed by atoms with van der Waals surface area (Å²) in [4.78, 5) is 12.9. The van der Waals surface area contributed by atoms with E-state index >= 15 is 0 Å². The molecule has 0 bridgehead atoms. The summed E-state index contributed by atoms with van der Waals surface area (Å²) in [6.07, 6.45) is 1.90. The zero-order valence-corrected chi connectivity index (χ0v) is 10.4. The number of halogens is 1. The number of carbonyl (C=O) groups is 1. The number of carbonyl (C=O) groups excluding carboxylic acids is 1. The minimum atomic E-state index is -0.865. The lowest BCUT2D eigenvalue weighted by Crippen LogP contribution is -2.35. The predicted molar refractivity (Wildman–Crippen MR) is 61.5 cm³/mol. The number of amides is 1. The number of hydrogen-bond donors (Lipinski definition) is 0. The monoisotopic (exact) mass is 217 g/mol. The van der Waals surface area contributed by atoms with Crippen LogP contribution in [-0.2, 0) is 4.79 Å². The molecule has 1 amide bonds. The van der Waals surface area contributed by atoms with Gasteiger partial charge in [0.1, 0.15) is 0 Å². The highest BCUT2D eigenvalue weighted by Gasteiger charge is 2.13. The summed E-state index contributed by atoms with van der Waals surface area (Å²) in [5, 5.41) is 0. The lowest BCUT2D eigenvalue weighted by Gasteiger charge is -2.23. The van der Waals surface area contributed by atoms with Crippen LogP contribution in [0.25, 0.3) is 0 Å². The lowest BCUT2D eigenvalue weighted by molar-refractivity contribution is -0.132.